The smallest absolute Gasteiger partial charge is 0.313 e. The molecule has 0 N–H and O–H groups in total. The first-order valence-corrected chi connectivity index (χ1v) is 12.8. The predicted molar refractivity (Wildman–Crippen MR) is 111 cm³/mol. The molecule has 0 aromatic heterocycles. The van der Waals surface area contributed by atoms with Crippen molar-refractivity contribution in [1.29, 1.82) is 0 Å². The number of esters is 1. The third-order valence-corrected chi connectivity index (χ3v) is 4.81. The summed E-state index contributed by atoms with van der Waals surface area (Å²) in [5.74, 6) is -0.426. The molecule has 0 bridgehead atoms. The van der Waals surface area contributed by atoms with Gasteiger partial charge >= 0.3 is 5.97 Å². The molecule has 0 unspecified atom stereocenters. The van der Waals surface area contributed by atoms with Crippen LogP contribution in [0.2, 0.25) is 19.6 Å². The minimum Gasteiger partial charge on any atom is -0.497 e. The zero-order valence-corrected chi connectivity index (χ0v) is 18.5. The quantitative estimate of drug-likeness (QED) is 0.214. The van der Waals surface area contributed by atoms with Gasteiger partial charge in [-0.2, -0.15) is 0 Å². The fourth-order valence-electron chi connectivity index (χ4n) is 2.54. The summed E-state index contributed by atoms with van der Waals surface area (Å²) in [6.07, 6.45) is 0.567. The van der Waals surface area contributed by atoms with Crippen LogP contribution < -0.4 is 4.74 Å². The Bertz CT molecular complexity index is 635. The molecule has 1 aromatic rings. The van der Waals surface area contributed by atoms with E-state index in [2.05, 4.69) is 6.58 Å². The van der Waals surface area contributed by atoms with Crippen molar-refractivity contribution in [3.63, 3.8) is 0 Å². The van der Waals surface area contributed by atoms with Gasteiger partial charge < -0.3 is 18.6 Å². The van der Waals surface area contributed by atoms with Crippen molar-refractivity contribution >= 4 is 20.1 Å². The van der Waals surface area contributed by atoms with Gasteiger partial charge in [-0.15, -0.1) is 6.58 Å². The maximum atomic E-state index is 12.7. The second-order valence-electron chi connectivity index (χ2n) is 7.36. The van der Waals surface area contributed by atoms with Gasteiger partial charge in [0.25, 0.3) is 0 Å². The van der Waals surface area contributed by atoms with Crippen LogP contribution in [-0.4, -0.2) is 46.5 Å². The molecular formula is C21H32O6Si. The lowest BCUT2D eigenvalue weighted by Gasteiger charge is -2.30. The van der Waals surface area contributed by atoms with Gasteiger partial charge in [0.2, 0.25) is 0 Å². The van der Waals surface area contributed by atoms with E-state index in [0.29, 0.717) is 6.61 Å². The third kappa shape index (κ3) is 8.82. The van der Waals surface area contributed by atoms with E-state index in [4.69, 9.17) is 18.6 Å². The highest BCUT2D eigenvalue weighted by Gasteiger charge is 2.33. The average Bonchev–Trinajstić information content (AvgIpc) is 2.63. The van der Waals surface area contributed by atoms with Crippen LogP contribution in [0.3, 0.4) is 0 Å². The molecule has 2 atom stereocenters. The first-order chi connectivity index (χ1) is 13.2. The van der Waals surface area contributed by atoms with E-state index in [1.54, 1.807) is 20.1 Å². The Labute approximate surface area is 168 Å². The van der Waals surface area contributed by atoms with E-state index in [9.17, 15) is 9.59 Å². The molecule has 156 valence electrons. The number of carbonyl (C=O) groups excluding carboxylic acids is 2. The van der Waals surface area contributed by atoms with Gasteiger partial charge in [0.05, 0.1) is 26.9 Å². The van der Waals surface area contributed by atoms with Crippen LogP contribution in [-0.2, 0) is 30.1 Å². The Morgan fingerprint density at radius 2 is 1.82 bits per heavy atom. The third-order valence-electron chi connectivity index (χ3n) is 3.85. The lowest BCUT2D eigenvalue weighted by atomic mass is 9.98. The van der Waals surface area contributed by atoms with Crippen molar-refractivity contribution < 1.29 is 28.2 Å². The molecule has 0 heterocycles. The minimum atomic E-state index is -2.04. The SMILES string of the molecule is C=C[C@@H](COCc1ccc(OC)cc1)[C@H](O[Si](C)(C)C)C(=O)CC(=O)OCC. The van der Waals surface area contributed by atoms with Gasteiger partial charge in [-0.3, -0.25) is 9.59 Å². The van der Waals surface area contributed by atoms with Gasteiger partial charge in [0.15, 0.2) is 14.1 Å². The van der Waals surface area contributed by atoms with Crippen LogP contribution >= 0.6 is 0 Å². The molecule has 0 saturated heterocycles. The van der Waals surface area contributed by atoms with E-state index in [1.165, 1.54) is 0 Å². The van der Waals surface area contributed by atoms with Crippen molar-refractivity contribution in [2.75, 3.05) is 20.3 Å². The lowest BCUT2D eigenvalue weighted by molar-refractivity contribution is -0.147. The van der Waals surface area contributed by atoms with E-state index in [0.717, 1.165) is 11.3 Å². The number of Topliss-reactive ketones (excluding diaryl/α,β-unsaturated/α-hetero) is 1. The Morgan fingerprint density at radius 1 is 1.18 bits per heavy atom. The molecule has 28 heavy (non-hydrogen) atoms. The summed E-state index contributed by atoms with van der Waals surface area (Å²) in [5, 5.41) is 0. The van der Waals surface area contributed by atoms with Gasteiger partial charge in [-0.25, -0.2) is 0 Å². The minimum absolute atomic E-state index is 0.238. The van der Waals surface area contributed by atoms with Crippen LogP contribution in [0.25, 0.3) is 0 Å². The van der Waals surface area contributed by atoms with Crippen LogP contribution in [0.4, 0.5) is 0 Å². The molecule has 0 aliphatic rings. The Kier molecular flexibility index (Phi) is 10.1. The zero-order chi connectivity index (χ0) is 21.2. The maximum absolute atomic E-state index is 12.7. The first kappa shape index (κ1) is 24.1. The summed E-state index contributed by atoms with van der Waals surface area (Å²) in [6, 6.07) is 7.57. The standard InChI is InChI=1S/C21H32O6Si/c1-7-17(15-25-14-16-9-11-18(24-3)12-10-16)21(27-28(4,5)6)19(22)13-20(23)26-8-2/h7,9-12,17,21H,1,8,13-15H2,2-6H3/t17-,21-/m0/s1. The van der Waals surface area contributed by atoms with E-state index in [1.807, 2.05) is 43.9 Å². The monoisotopic (exact) mass is 408 g/mol. The van der Waals surface area contributed by atoms with Crippen LogP contribution in [0.1, 0.15) is 18.9 Å². The van der Waals surface area contributed by atoms with Crippen molar-refractivity contribution in [1.82, 2.24) is 0 Å². The highest BCUT2D eigenvalue weighted by atomic mass is 28.4. The summed E-state index contributed by atoms with van der Waals surface area (Å²) >= 11 is 0. The van der Waals surface area contributed by atoms with Gasteiger partial charge in [0, 0.05) is 5.92 Å². The molecule has 7 heteroatoms. The number of ketones is 1. The van der Waals surface area contributed by atoms with Gasteiger partial charge in [0.1, 0.15) is 18.3 Å². The lowest BCUT2D eigenvalue weighted by Crippen LogP contribution is -2.43. The Balaban J connectivity index is 2.75. The molecule has 0 radical (unpaired) electrons. The van der Waals surface area contributed by atoms with E-state index < -0.39 is 20.4 Å². The van der Waals surface area contributed by atoms with Crippen LogP contribution in [0, 0.1) is 5.92 Å². The van der Waals surface area contributed by atoms with Crippen molar-refractivity contribution in [3.8, 4) is 5.75 Å². The summed E-state index contributed by atoms with van der Waals surface area (Å²) in [7, 11) is -0.418. The Hall–Kier alpha value is -1.96. The number of benzene rings is 1. The summed E-state index contributed by atoms with van der Waals surface area (Å²) < 4.78 is 21.9. The normalized spacial score (nSPS) is 13.5. The second kappa shape index (κ2) is 11.8. The molecule has 0 aliphatic heterocycles. The number of rotatable bonds is 13. The fourth-order valence-corrected chi connectivity index (χ4v) is 3.61. The number of hydrogen-bond donors (Lipinski definition) is 0. The van der Waals surface area contributed by atoms with Gasteiger partial charge in [-0.1, -0.05) is 18.2 Å². The van der Waals surface area contributed by atoms with Gasteiger partial charge in [-0.05, 0) is 44.3 Å². The molecule has 0 amide bonds. The fraction of sp³-hybridized carbons (Fsp3) is 0.524. The zero-order valence-electron chi connectivity index (χ0n) is 17.5. The second-order valence-corrected chi connectivity index (χ2v) is 11.8. The highest BCUT2D eigenvalue weighted by Crippen LogP contribution is 2.20. The van der Waals surface area contributed by atoms with Crippen LogP contribution in [0.15, 0.2) is 36.9 Å². The van der Waals surface area contributed by atoms with E-state index in [-0.39, 0.29) is 31.3 Å². The molecule has 6 nitrogen and oxygen atoms in total. The average molecular weight is 409 g/mol. The van der Waals surface area contributed by atoms with Crippen molar-refractivity contribution in [2.45, 2.75) is 45.7 Å². The first-order valence-electron chi connectivity index (χ1n) is 9.39. The van der Waals surface area contributed by atoms with Crippen molar-refractivity contribution in [2.24, 2.45) is 5.92 Å². The molecule has 0 fully saturated rings. The Morgan fingerprint density at radius 3 is 2.32 bits per heavy atom. The maximum Gasteiger partial charge on any atom is 0.313 e. The molecule has 0 aliphatic carbocycles. The molecular weight excluding hydrogens is 376 g/mol. The van der Waals surface area contributed by atoms with Crippen molar-refractivity contribution in [3.05, 3.63) is 42.5 Å². The molecule has 0 spiro atoms. The number of methoxy groups -OCH3 is 1. The molecule has 1 aromatic carbocycles. The van der Waals surface area contributed by atoms with Crippen LogP contribution in [0.5, 0.6) is 5.75 Å². The molecule has 0 saturated carbocycles. The molecule has 1 rings (SSSR count). The topological polar surface area (TPSA) is 71.1 Å². The summed E-state index contributed by atoms with van der Waals surface area (Å²) in [6.45, 7) is 12.4. The largest absolute Gasteiger partial charge is 0.497 e. The highest BCUT2D eigenvalue weighted by molar-refractivity contribution is 6.69. The summed E-state index contributed by atoms with van der Waals surface area (Å²) in [4.78, 5) is 24.4. The predicted octanol–water partition coefficient (Wildman–Crippen LogP) is 3.76. The summed E-state index contributed by atoms with van der Waals surface area (Å²) in [5.41, 5.74) is 0.990. The van der Waals surface area contributed by atoms with E-state index >= 15 is 0 Å². The number of ether oxygens (including phenoxy) is 3. The number of carbonyl (C=O) groups is 2. The number of hydrogen-bond acceptors (Lipinski definition) is 6.